The zero-order chi connectivity index (χ0) is 11.9. The Labute approximate surface area is 104 Å². The summed E-state index contributed by atoms with van der Waals surface area (Å²) in [4.78, 5) is 11.8. The Kier molecular flexibility index (Phi) is 5.46. The second-order valence-corrected chi connectivity index (χ2v) is 5.51. The average Bonchev–Trinajstić information content (AvgIpc) is 2.39. The van der Waals surface area contributed by atoms with Crippen LogP contribution in [0.25, 0.3) is 0 Å². The lowest BCUT2D eigenvalue weighted by Crippen LogP contribution is -2.33. The topological polar surface area (TPSA) is 38.3 Å². The van der Waals surface area contributed by atoms with Crippen LogP contribution in [0.2, 0.25) is 0 Å². The van der Waals surface area contributed by atoms with Gasteiger partial charge in [0.2, 0.25) is 0 Å². The van der Waals surface area contributed by atoms with Crippen LogP contribution < -0.4 is 5.32 Å². The summed E-state index contributed by atoms with van der Waals surface area (Å²) in [5.41, 5.74) is 0. The fourth-order valence-electron chi connectivity index (χ4n) is 2.95. The van der Waals surface area contributed by atoms with Gasteiger partial charge in [-0.3, -0.25) is 4.79 Å². The van der Waals surface area contributed by atoms with E-state index in [0.717, 1.165) is 32.4 Å². The fraction of sp³-hybridized carbons (Fsp3) is 0.929. The highest BCUT2D eigenvalue weighted by Gasteiger charge is 2.19. The molecule has 0 aromatic rings. The molecule has 2 rings (SSSR count). The SMILES string of the molecule is O=C(COC1CCNCC1)CC1CCCCC1. The Morgan fingerprint density at radius 1 is 1.06 bits per heavy atom. The van der Waals surface area contributed by atoms with Gasteiger partial charge in [0.25, 0.3) is 0 Å². The smallest absolute Gasteiger partial charge is 0.158 e. The summed E-state index contributed by atoms with van der Waals surface area (Å²) < 4.78 is 5.70. The van der Waals surface area contributed by atoms with Crippen LogP contribution >= 0.6 is 0 Å². The lowest BCUT2D eigenvalue weighted by Gasteiger charge is -2.24. The Balaban J connectivity index is 1.59. The van der Waals surface area contributed by atoms with E-state index in [1.807, 2.05) is 0 Å². The van der Waals surface area contributed by atoms with Crippen molar-refractivity contribution in [2.24, 2.45) is 5.92 Å². The number of nitrogens with one attached hydrogen (secondary N) is 1. The molecule has 0 bridgehead atoms. The van der Waals surface area contributed by atoms with Gasteiger partial charge in [-0.15, -0.1) is 0 Å². The molecule has 0 atom stereocenters. The summed E-state index contributed by atoms with van der Waals surface area (Å²) >= 11 is 0. The van der Waals surface area contributed by atoms with Gasteiger partial charge in [0, 0.05) is 6.42 Å². The Bertz CT molecular complexity index is 230. The Morgan fingerprint density at radius 3 is 2.47 bits per heavy atom. The lowest BCUT2D eigenvalue weighted by molar-refractivity contribution is -0.127. The van der Waals surface area contributed by atoms with Crippen LogP contribution in [0, 0.1) is 5.92 Å². The molecule has 2 aliphatic rings. The van der Waals surface area contributed by atoms with Gasteiger partial charge in [-0.1, -0.05) is 32.1 Å². The van der Waals surface area contributed by atoms with E-state index in [2.05, 4.69) is 5.32 Å². The molecular formula is C14H25NO2. The highest BCUT2D eigenvalue weighted by atomic mass is 16.5. The van der Waals surface area contributed by atoms with E-state index in [-0.39, 0.29) is 0 Å². The van der Waals surface area contributed by atoms with Crippen LogP contribution in [-0.4, -0.2) is 31.6 Å². The molecule has 17 heavy (non-hydrogen) atoms. The molecule has 0 spiro atoms. The van der Waals surface area contributed by atoms with Crippen molar-refractivity contribution in [1.82, 2.24) is 5.32 Å². The number of hydrogen-bond donors (Lipinski definition) is 1. The third-order valence-electron chi connectivity index (χ3n) is 4.01. The molecule has 3 nitrogen and oxygen atoms in total. The van der Waals surface area contributed by atoms with Crippen LogP contribution in [0.3, 0.4) is 0 Å². The highest BCUT2D eigenvalue weighted by Crippen LogP contribution is 2.26. The van der Waals surface area contributed by atoms with Crippen molar-refractivity contribution >= 4 is 5.78 Å². The first-order valence-corrected chi connectivity index (χ1v) is 7.18. The van der Waals surface area contributed by atoms with Crippen LogP contribution in [-0.2, 0) is 9.53 Å². The molecular weight excluding hydrogens is 214 g/mol. The molecule has 1 saturated carbocycles. The molecule has 98 valence electrons. The monoisotopic (exact) mass is 239 g/mol. The summed E-state index contributed by atoms with van der Waals surface area (Å²) in [5.74, 6) is 0.961. The largest absolute Gasteiger partial charge is 0.370 e. The van der Waals surface area contributed by atoms with Gasteiger partial charge in [-0.2, -0.15) is 0 Å². The van der Waals surface area contributed by atoms with Crippen molar-refractivity contribution in [3.05, 3.63) is 0 Å². The van der Waals surface area contributed by atoms with Crippen molar-refractivity contribution in [3.63, 3.8) is 0 Å². The van der Waals surface area contributed by atoms with Crippen molar-refractivity contribution in [2.45, 2.75) is 57.5 Å². The average molecular weight is 239 g/mol. The molecule has 1 heterocycles. The maximum Gasteiger partial charge on any atom is 0.158 e. The summed E-state index contributed by atoms with van der Waals surface area (Å²) in [6.07, 6.45) is 9.65. The molecule has 0 aromatic carbocycles. The minimum absolute atomic E-state index is 0.312. The minimum atomic E-state index is 0.312. The standard InChI is InChI=1S/C14H25NO2/c16-13(10-12-4-2-1-3-5-12)11-17-14-6-8-15-9-7-14/h12,14-15H,1-11H2. The van der Waals surface area contributed by atoms with Crippen molar-refractivity contribution in [1.29, 1.82) is 0 Å². The molecule has 1 saturated heterocycles. The molecule has 0 radical (unpaired) electrons. The number of piperidine rings is 1. The van der Waals surface area contributed by atoms with E-state index in [1.54, 1.807) is 0 Å². The lowest BCUT2D eigenvalue weighted by atomic mass is 9.86. The molecule has 1 aliphatic heterocycles. The van der Waals surface area contributed by atoms with Crippen molar-refractivity contribution < 1.29 is 9.53 Å². The first-order chi connectivity index (χ1) is 8.34. The van der Waals surface area contributed by atoms with E-state index in [0.29, 0.717) is 24.4 Å². The van der Waals surface area contributed by atoms with E-state index < -0.39 is 0 Å². The first-order valence-electron chi connectivity index (χ1n) is 7.18. The van der Waals surface area contributed by atoms with Gasteiger partial charge >= 0.3 is 0 Å². The Morgan fingerprint density at radius 2 is 1.76 bits per heavy atom. The zero-order valence-corrected chi connectivity index (χ0v) is 10.7. The first kappa shape index (κ1) is 13.0. The third kappa shape index (κ3) is 4.76. The fourth-order valence-corrected chi connectivity index (χ4v) is 2.95. The maximum absolute atomic E-state index is 11.8. The number of ketones is 1. The van der Waals surface area contributed by atoms with Gasteiger partial charge in [0.1, 0.15) is 6.61 Å². The zero-order valence-electron chi connectivity index (χ0n) is 10.7. The summed E-state index contributed by atoms with van der Waals surface area (Å²) in [6.45, 7) is 2.41. The second-order valence-electron chi connectivity index (χ2n) is 5.51. The number of ether oxygens (including phenoxy) is 1. The number of carbonyl (C=O) groups excluding carboxylic acids is 1. The van der Waals surface area contributed by atoms with Crippen LogP contribution in [0.5, 0.6) is 0 Å². The number of rotatable bonds is 5. The minimum Gasteiger partial charge on any atom is -0.370 e. The number of carbonyl (C=O) groups is 1. The molecule has 1 N–H and O–H groups in total. The summed E-state index contributed by atoms with van der Waals surface area (Å²) in [7, 11) is 0. The molecule has 3 heteroatoms. The van der Waals surface area contributed by atoms with Crippen LogP contribution in [0.15, 0.2) is 0 Å². The third-order valence-corrected chi connectivity index (χ3v) is 4.01. The predicted octanol–water partition coefficient (Wildman–Crippen LogP) is 2.29. The van der Waals surface area contributed by atoms with E-state index >= 15 is 0 Å². The van der Waals surface area contributed by atoms with Crippen molar-refractivity contribution in [3.8, 4) is 0 Å². The Hall–Kier alpha value is -0.410. The molecule has 0 aromatic heterocycles. The quantitative estimate of drug-likeness (QED) is 0.800. The van der Waals surface area contributed by atoms with Crippen LogP contribution in [0.1, 0.15) is 51.4 Å². The van der Waals surface area contributed by atoms with Gasteiger partial charge in [0.05, 0.1) is 6.10 Å². The van der Waals surface area contributed by atoms with Gasteiger partial charge in [-0.25, -0.2) is 0 Å². The van der Waals surface area contributed by atoms with Gasteiger partial charge in [0.15, 0.2) is 5.78 Å². The molecule has 2 fully saturated rings. The van der Waals surface area contributed by atoms with Gasteiger partial charge in [-0.05, 0) is 31.8 Å². The maximum atomic E-state index is 11.8. The number of Topliss-reactive ketones (excluding diaryl/α,β-unsaturated/α-hetero) is 1. The molecule has 0 amide bonds. The van der Waals surface area contributed by atoms with Crippen LogP contribution in [0.4, 0.5) is 0 Å². The molecule has 1 aliphatic carbocycles. The highest BCUT2D eigenvalue weighted by molar-refractivity contribution is 5.79. The number of hydrogen-bond acceptors (Lipinski definition) is 3. The van der Waals surface area contributed by atoms with Gasteiger partial charge < -0.3 is 10.1 Å². The summed E-state index contributed by atoms with van der Waals surface area (Å²) in [5, 5.41) is 3.30. The van der Waals surface area contributed by atoms with E-state index in [4.69, 9.17) is 4.74 Å². The molecule has 0 unspecified atom stereocenters. The normalized spacial score (nSPS) is 23.8. The van der Waals surface area contributed by atoms with E-state index in [1.165, 1.54) is 32.1 Å². The second kappa shape index (κ2) is 7.12. The predicted molar refractivity (Wildman–Crippen MR) is 68.0 cm³/mol. The van der Waals surface area contributed by atoms with E-state index in [9.17, 15) is 4.79 Å². The van der Waals surface area contributed by atoms with Crippen molar-refractivity contribution in [2.75, 3.05) is 19.7 Å². The summed E-state index contributed by atoms with van der Waals surface area (Å²) in [6, 6.07) is 0.